The fraction of sp³-hybridized carbons (Fsp3) is 0.0714. The zero-order valence-corrected chi connectivity index (χ0v) is 12.6. The SMILES string of the molecule is COC(=O)c1cccc(NS(=O)(=O)c2cccc(Cl)c2)c1. The van der Waals surface area contributed by atoms with Crippen molar-refractivity contribution in [1.82, 2.24) is 0 Å². The Hall–Kier alpha value is -2.05. The standard InChI is InChI=1S/C14H12ClNO4S/c1-20-14(17)10-4-2-6-12(8-10)16-21(18,19)13-7-3-5-11(15)9-13/h2-9,16H,1H3. The first-order chi connectivity index (χ1) is 9.92. The van der Waals surface area contributed by atoms with Crippen LogP contribution in [0, 0.1) is 0 Å². The third-order valence-corrected chi connectivity index (χ3v) is 4.26. The number of esters is 1. The summed E-state index contributed by atoms with van der Waals surface area (Å²) in [5, 5.41) is 0.321. The highest BCUT2D eigenvalue weighted by atomic mass is 35.5. The van der Waals surface area contributed by atoms with E-state index in [1.165, 1.54) is 37.4 Å². The maximum absolute atomic E-state index is 12.2. The van der Waals surface area contributed by atoms with E-state index >= 15 is 0 Å². The molecule has 0 aliphatic heterocycles. The first-order valence-electron chi connectivity index (χ1n) is 5.89. The van der Waals surface area contributed by atoms with Crippen LogP contribution in [-0.4, -0.2) is 21.5 Å². The Morgan fingerprint density at radius 3 is 2.52 bits per heavy atom. The molecular formula is C14H12ClNO4S. The average molecular weight is 326 g/mol. The number of carbonyl (C=O) groups excluding carboxylic acids is 1. The number of benzene rings is 2. The van der Waals surface area contributed by atoms with Crippen LogP contribution in [0.5, 0.6) is 0 Å². The van der Waals surface area contributed by atoms with E-state index in [0.29, 0.717) is 5.02 Å². The molecule has 0 aliphatic rings. The summed E-state index contributed by atoms with van der Waals surface area (Å²) < 4.78 is 31.4. The Kier molecular flexibility index (Phi) is 4.50. The summed E-state index contributed by atoms with van der Waals surface area (Å²) >= 11 is 5.79. The number of methoxy groups -OCH3 is 1. The van der Waals surface area contributed by atoms with Crippen LogP contribution in [0.4, 0.5) is 5.69 Å². The summed E-state index contributed by atoms with van der Waals surface area (Å²) in [6.45, 7) is 0. The third-order valence-electron chi connectivity index (χ3n) is 2.64. The van der Waals surface area contributed by atoms with Crippen molar-refractivity contribution in [3.8, 4) is 0 Å². The van der Waals surface area contributed by atoms with Gasteiger partial charge in [0.05, 0.1) is 17.6 Å². The lowest BCUT2D eigenvalue weighted by Gasteiger charge is -2.09. The van der Waals surface area contributed by atoms with Gasteiger partial charge in [-0.15, -0.1) is 0 Å². The first kappa shape index (κ1) is 15.3. The molecule has 0 unspecified atom stereocenters. The van der Waals surface area contributed by atoms with Crippen LogP contribution >= 0.6 is 11.6 Å². The molecule has 5 nitrogen and oxygen atoms in total. The van der Waals surface area contributed by atoms with Crippen LogP contribution in [-0.2, 0) is 14.8 Å². The van der Waals surface area contributed by atoms with Gasteiger partial charge in [0.25, 0.3) is 10.0 Å². The van der Waals surface area contributed by atoms with Gasteiger partial charge in [0, 0.05) is 10.7 Å². The number of hydrogen-bond acceptors (Lipinski definition) is 4. The van der Waals surface area contributed by atoms with E-state index in [1.807, 2.05) is 0 Å². The van der Waals surface area contributed by atoms with Crippen LogP contribution in [0.25, 0.3) is 0 Å². The molecule has 0 aromatic heterocycles. The van der Waals surface area contributed by atoms with Crippen LogP contribution in [0.3, 0.4) is 0 Å². The molecular weight excluding hydrogens is 314 g/mol. The van der Waals surface area contributed by atoms with E-state index in [2.05, 4.69) is 9.46 Å². The molecule has 2 rings (SSSR count). The quantitative estimate of drug-likeness (QED) is 0.877. The number of ether oxygens (including phenoxy) is 1. The molecule has 1 N–H and O–H groups in total. The van der Waals surface area contributed by atoms with Gasteiger partial charge in [0.1, 0.15) is 0 Å². The number of rotatable bonds is 4. The number of hydrogen-bond donors (Lipinski definition) is 1. The average Bonchev–Trinajstić information content (AvgIpc) is 2.46. The number of sulfonamides is 1. The van der Waals surface area contributed by atoms with Crippen LogP contribution in [0.2, 0.25) is 5.02 Å². The van der Waals surface area contributed by atoms with Crippen molar-refractivity contribution in [2.24, 2.45) is 0 Å². The number of nitrogens with one attached hydrogen (secondary N) is 1. The highest BCUT2D eigenvalue weighted by Gasteiger charge is 2.15. The predicted molar refractivity (Wildman–Crippen MR) is 80.0 cm³/mol. The fourth-order valence-electron chi connectivity index (χ4n) is 1.68. The number of halogens is 1. The Morgan fingerprint density at radius 2 is 1.86 bits per heavy atom. The number of carbonyl (C=O) groups is 1. The van der Waals surface area contributed by atoms with Crippen molar-refractivity contribution in [3.63, 3.8) is 0 Å². The second-order valence-electron chi connectivity index (χ2n) is 4.14. The van der Waals surface area contributed by atoms with Gasteiger partial charge in [-0.3, -0.25) is 4.72 Å². The Labute approximate surface area is 127 Å². The van der Waals surface area contributed by atoms with Crippen molar-refractivity contribution < 1.29 is 17.9 Å². The Morgan fingerprint density at radius 1 is 1.14 bits per heavy atom. The molecule has 0 bridgehead atoms. The molecule has 0 atom stereocenters. The first-order valence-corrected chi connectivity index (χ1v) is 7.75. The molecule has 110 valence electrons. The van der Waals surface area contributed by atoms with Gasteiger partial charge >= 0.3 is 5.97 Å². The van der Waals surface area contributed by atoms with Crippen molar-refractivity contribution in [2.75, 3.05) is 11.8 Å². The normalized spacial score (nSPS) is 11.0. The lowest BCUT2D eigenvalue weighted by Crippen LogP contribution is -2.13. The fourth-order valence-corrected chi connectivity index (χ4v) is 3.03. The molecule has 7 heteroatoms. The zero-order valence-electron chi connectivity index (χ0n) is 11.0. The van der Waals surface area contributed by atoms with E-state index in [9.17, 15) is 13.2 Å². The molecule has 2 aromatic carbocycles. The molecule has 0 saturated heterocycles. The zero-order chi connectivity index (χ0) is 15.5. The van der Waals surface area contributed by atoms with E-state index in [-0.39, 0.29) is 16.1 Å². The smallest absolute Gasteiger partial charge is 0.337 e. The summed E-state index contributed by atoms with van der Waals surface area (Å²) in [5.74, 6) is -0.543. The lowest BCUT2D eigenvalue weighted by atomic mass is 10.2. The molecule has 21 heavy (non-hydrogen) atoms. The van der Waals surface area contributed by atoms with Crippen LogP contribution < -0.4 is 4.72 Å². The van der Waals surface area contributed by atoms with E-state index in [0.717, 1.165) is 0 Å². The van der Waals surface area contributed by atoms with Crippen molar-refractivity contribution >= 4 is 33.3 Å². The molecule has 0 heterocycles. The topological polar surface area (TPSA) is 72.5 Å². The minimum Gasteiger partial charge on any atom is -0.465 e. The van der Waals surface area contributed by atoms with Gasteiger partial charge < -0.3 is 4.74 Å². The maximum Gasteiger partial charge on any atom is 0.337 e. The van der Waals surface area contributed by atoms with Gasteiger partial charge in [0.2, 0.25) is 0 Å². The van der Waals surface area contributed by atoms with Crippen LogP contribution in [0.15, 0.2) is 53.4 Å². The second-order valence-corrected chi connectivity index (χ2v) is 6.25. The second kappa shape index (κ2) is 6.15. The van der Waals surface area contributed by atoms with Gasteiger partial charge in [-0.1, -0.05) is 23.7 Å². The molecule has 0 spiro atoms. The molecule has 0 aliphatic carbocycles. The summed E-state index contributed by atoms with van der Waals surface area (Å²) in [5.41, 5.74) is 0.515. The largest absolute Gasteiger partial charge is 0.465 e. The van der Waals surface area contributed by atoms with Crippen molar-refractivity contribution in [1.29, 1.82) is 0 Å². The molecule has 2 aromatic rings. The van der Waals surface area contributed by atoms with Gasteiger partial charge in [0.15, 0.2) is 0 Å². The van der Waals surface area contributed by atoms with Crippen molar-refractivity contribution in [2.45, 2.75) is 4.90 Å². The third kappa shape index (κ3) is 3.74. The van der Waals surface area contributed by atoms with E-state index < -0.39 is 16.0 Å². The minimum atomic E-state index is -3.77. The molecule has 0 radical (unpaired) electrons. The van der Waals surface area contributed by atoms with E-state index in [4.69, 9.17) is 11.6 Å². The van der Waals surface area contributed by atoms with Gasteiger partial charge in [-0.05, 0) is 36.4 Å². The Balaban J connectivity index is 2.31. The van der Waals surface area contributed by atoms with Crippen LogP contribution in [0.1, 0.15) is 10.4 Å². The van der Waals surface area contributed by atoms with Gasteiger partial charge in [-0.25, -0.2) is 13.2 Å². The summed E-state index contributed by atoms with van der Waals surface area (Å²) in [4.78, 5) is 11.5. The molecule has 0 saturated carbocycles. The predicted octanol–water partition coefficient (Wildman–Crippen LogP) is 2.93. The molecule has 0 amide bonds. The highest BCUT2D eigenvalue weighted by molar-refractivity contribution is 7.92. The summed E-state index contributed by atoms with van der Waals surface area (Å²) in [6, 6.07) is 11.9. The van der Waals surface area contributed by atoms with Crippen molar-refractivity contribution in [3.05, 3.63) is 59.1 Å². The highest BCUT2D eigenvalue weighted by Crippen LogP contribution is 2.20. The summed E-state index contributed by atoms with van der Waals surface area (Å²) in [7, 11) is -2.52. The number of anilines is 1. The lowest BCUT2D eigenvalue weighted by molar-refractivity contribution is 0.0601. The van der Waals surface area contributed by atoms with Gasteiger partial charge in [-0.2, -0.15) is 0 Å². The van der Waals surface area contributed by atoms with E-state index in [1.54, 1.807) is 18.2 Å². The summed E-state index contributed by atoms with van der Waals surface area (Å²) in [6.07, 6.45) is 0. The minimum absolute atomic E-state index is 0.0403. The monoisotopic (exact) mass is 325 g/mol. The Bertz CT molecular complexity index is 774. The maximum atomic E-state index is 12.2. The molecule has 0 fully saturated rings.